The van der Waals surface area contributed by atoms with Gasteiger partial charge < -0.3 is 9.52 Å². The third-order valence-electron chi connectivity index (χ3n) is 3.07. The van der Waals surface area contributed by atoms with Crippen LogP contribution in [0.25, 0.3) is 11.0 Å². The first-order valence-corrected chi connectivity index (χ1v) is 5.97. The molecular formula is C16H14O2. The van der Waals surface area contributed by atoms with E-state index in [1.807, 2.05) is 61.5 Å². The summed E-state index contributed by atoms with van der Waals surface area (Å²) in [4.78, 5) is 0. The minimum absolute atomic E-state index is 0.585. The van der Waals surface area contributed by atoms with Crippen LogP contribution in [0.4, 0.5) is 0 Å². The van der Waals surface area contributed by atoms with Gasteiger partial charge in [0.15, 0.2) is 0 Å². The quantitative estimate of drug-likeness (QED) is 0.736. The van der Waals surface area contributed by atoms with Crippen LogP contribution in [-0.2, 0) is 0 Å². The maximum Gasteiger partial charge on any atom is 0.138 e. The van der Waals surface area contributed by atoms with Crippen LogP contribution in [0.1, 0.15) is 23.0 Å². The molecule has 1 heterocycles. The van der Waals surface area contributed by atoms with E-state index >= 15 is 0 Å². The highest BCUT2D eigenvalue weighted by Crippen LogP contribution is 2.28. The SMILES string of the molecule is Cc1cccc(C(O)c2cc3ccccc3o2)c1. The van der Waals surface area contributed by atoms with Crippen LogP contribution < -0.4 is 0 Å². The molecule has 3 rings (SSSR count). The van der Waals surface area contributed by atoms with Crippen LogP contribution in [0.3, 0.4) is 0 Å². The first kappa shape index (κ1) is 11.1. The highest BCUT2D eigenvalue weighted by molar-refractivity contribution is 5.77. The maximum absolute atomic E-state index is 10.3. The molecule has 1 atom stereocenters. The van der Waals surface area contributed by atoms with Crippen molar-refractivity contribution in [2.24, 2.45) is 0 Å². The van der Waals surface area contributed by atoms with Gasteiger partial charge in [-0.1, -0.05) is 48.0 Å². The van der Waals surface area contributed by atoms with Gasteiger partial charge in [-0.05, 0) is 24.6 Å². The number of rotatable bonds is 2. The lowest BCUT2D eigenvalue weighted by Crippen LogP contribution is -1.97. The van der Waals surface area contributed by atoms with Crippen molar-refractivity contribution in [1.82, 2.24) is 0 Å². The van der Waals surface area contributed by atoms with Gasteiger partial charge in [0.25, 0.3) is 0 Å². The number of para-hydroxylation sites is 1. The molecule has 18 heavy (non-hydrogen) atoms. The van der Waals surface area contributed by atoms with E-state index in [1.165, 1.54) is 0 Å². The Morgan fingerprint density at radius 3 is 2.61 bits per heavy atom. The highest BCUT2D eigenvalue weighted by atomic mass is 16.4. The molecule has 2 heteroatoms. The fourth-order valence-electron chi connectivity index (χ4n) is 2.14. The van der Waals surface area contributed by atoms with Crippen molar-refractivity contribution >= 4 is 11.0 Å². The normalized spacial score (nSPS) is 12.8. The molecule has 0 aliphatic carbocycles. The summed E-state index contributed by atoms with van der Waals surface area (Å²) in [7, 11) is 0. The van der Waals surface area contributed by atoms with E-state index in [9.17, 15) is 5.11 Å². The number of hydrogen-bond acceptors (Lipinski definition) is 2. The molecule has 0 bridgehead atoms. The van der Waals surface area contributed by atoms with Gasteiger partial charge in [-0.2, -0.15) is 0 Å². The van der Waals surface area contributed by atoms with Gasteiger partial charge >= 0.3 is 0 Å². The van der Waals surface area contributed by atoms with E-state index in [-0.39, 0.29) is 0 Å². The Labute approximate surface area is 105 Å². The van der Waals surface area contributed by atoms with Crippen molar-refractivity contribution in [3.8, 4) is 0 Å². The summed E-state index contributed by atoms with van der Waals surface area (Å²) in [6.45, 7) is 2.01. The fourth-order valence-corrected chi connectivity index (χ4v) is 2.14. The molecule has 0 saturated carbocycles. The number of hydrogen-bond donors (Lipinski definition) is 1. The molecule has 1 unspecified atom stereocenters. The Hall–Kier alpha value is -2.06. The van der Waals surface area contributed by atoms with Gasteiger partial charge in [-0.25, -0.2) is 0 Å². The number of fused-ring (bicyclic) bond motifs is 1. The second-order valence-electron chi connectivity index (χ2n) is 4.50. The molecule has 1 aromatic heterocycles. The number of aryl methyl sites for hydroxylation is 1. The number of furan rings is 1. The molecule has 0 spiro atoms. The third-order valence-corrected chi connectivity index (χ3v) is 3.07. The molecule has 0 saturated heterocycles. The molecule has 2 aromatic carbocycles. The molecular weight excluding hydrogens is 224 g/mol. The minimum atomic E-state index is -0.711. The monoisotopic (exact) mass is 238 g/mol. The zero-order chi connectivity index (χ0) is 12.5. The predicted octanol–water partition coefficient (Wildman–Crippen LogP) is 3.82. The van der Waals surface area contributed by atoms with Crippen molar-refractivity contribution in [1.29, 1.82) is 0 Å². The van der Waals surface area contributed by atoms with Crippen LogP contribution >= 0.6 is 0 Å². The summed E-state index contributed by atoms with van der Waals surface area (Å²) in [5.41, 5.74) is 2.79. The van der Waals surface area contributed by atoms with Gasteiger partial charge in [-0.3, -0.25) is 0 Å². The van der Waals surface area contributed by atoms with Gasteiger partial charge in [0.05, 0.1) is 0 Å². The summed E-state index contributed by atoms with van der Waals surface area (Å²) < 4.78 is 5.67. The van der Waals surface area contributed by atoms with E-state index in [0.717, 1.165) is 22.1 Å². The standard InChI is InChI=1S/C16H14O2/c1-11-5-4-7-13(9-11)16(17)15-10-12-6-2-3-8-14(12)18-15/h2-10,16-17H,1H3. The average Bonchev–Trinajstić information content (AvgIpc) is 2.81. The van der Waals surface area contributed by atoms with Crippen LogP contribution in [0.5, 0.6) is 0 Å². The van der Waals surface area contributed by atoms with E-state index in [0.29, 0.717) is 5.76 Å². The first-order valence-electron chi connectivity index (χ1n) is 5.97. The lowest BCUT2D eigenvalue weighted by atomic mass is 10.0. The molecule has 0 aliphatic rings. The smallest absolute Gasteiger partial charge is 0.138 e. The predicted molar refractivity (Wildman–Crippen MR) is 71.5 cm³/mol. The van der Waals surface area contributed by atoms with Gasteiger partial charge in [-0.15, -0.1) is 0 Å². The molecule has 0 amide bonds. The van der Waals surface area contributed by atoms with Crippen LogP contribution in [0.2, 0.25) is 0 Å². The Balaban J connectivity index is 2.03. The van der Waals surface area contributed by atoms with Crippen LogP contribution in [0.15, 0.2) is 59.0 Å². The maximum atomic E-state index is 10.3. The van der Waals surface area contributed by atoms with Crippen molar-refractivity contribution in [2.75, 3.05) is 0 Å². The Kier molecular flexibility index (Phi) is 2.65. The average molecular weight is 238 g/mol. The van der Waals surface area contributed by atoms with Crippen molar-refractivity contribution in [3.63, 3.8) is 0 Å². The molecule has 0 aliphatic heterocycles. The lowest BCUT2D eigenvalue weighted by Gasteiger charge is -2.08. The zero-order valence-corrected chi connectivity index (χ0v) is 10.1. The fraction of sp³-hybridized carbons (Fsp3) is 0.125. The van der Waals surface area contributed by atoms with E-state index < -0.39 is 6.10 Å². The second kappa shape index (κ2) is 4.31. The van der Waals surface area contributed by atoms with Gasteiger partial charge in [0.2, 0.25) is 0 Å². The summed E-state index contributed by atoms with van der Waals surface area (Å²) >= 11 is 0. The number of benzene rings is 2. The van der Waals surface area contributed by atoms with Gasteiger partial charge in [0.1, 0.15) is 17.4 Å². The van der Waals surface area contributed by atoms with E-state index in [1.54, 1.807) is 0 Å². The highest BCUT2D eigenvalue weighted by Gasteiger charge is 2.15. The Morgan fingerprint density at radius 2 is 1.83 bits per heavy atom. The molecule has 2 nitrogen and oxygen atoms in total. The van der Waals surface area contributed by atoms with E-state index in [2.05, 4.69) is 0 Å². The molecule has 3 aromatic rings. The van der Waals surface area contributed by atoms with Crippen molar-refractivity contribution in [3.05, 3.63) is 71.5 Å². The summed E-state index contributed by atoms with van der Waals surface area (Å²) in [5, 5.41) is 11.3. The third kappa shape index (κ3) is 1.91. The van der Waals surface area contributed by atoms with Gasteiger partial charge in [0, 0.05) is 5.39 Å². The summed E-state index contributed by atoms with van der Waals surface area (Å²) in [6, 6.07) is 17.5. The zero-order valence-electron chi connectivity index (χ0n) is 10.1. The number of aliphatic hydroxyl groups is 1. The van der Waals surface area contributed by atoms with Crippen LogP contribution in [0, 0.1) is 6.92 Å². The van der Waals surface area contributed by atoms with Crippen LogP contribution in [-0.4, -0.2) is 5.11 Å². The molecule has 0 radical (unpaired) electrons. The number of aliphatic hydroxyl groups excluding tert-OH is 1. The summed E-state index contributed by atoms with van der Waals surface area (Å²) in [5.74, 6) is 0.585. The Bertz CT molecular complexity index is 649. The molecule has 1 N–H and O–H groups in total. The lowest BCUT2D eigenvalue weighted by molar-refractivity contribution is 0.192. The van der Waals surface area contributed by atoms with E-state index in [4.69, 9.17) is 4.42 Å². The molecule has 90 valence electrons. The summed E-state index contributed by atoms with van der Waals surface area (Å²) in [6.07, 6.45) is -0.711. The molecule has 0 fully saturated rings. The second-order valence-corrected chi connectivity index (χ2v) is 4.50. The largest absolute Gasteiger partial charge is 0.458 e. The Morgan fingerprint density at radius 1 is 1.00 bits per heavy atom. The first-order chi connectivity index (χ1) is 8.74. The van der Waals surface area contributed by atoms with Crippen molar-refractivity contribution in [2.45, 2.75) is 13.0 Å². The van der Waals surface area contributed by atoms with Crippen molar-refractivity contribution < 1.29 is 9.52 Å². The topological polar surface area (TPSA) is 33.4 Å². The minimum Gasteiger partial charge on any atom is -0.458 e.